The van der Waals surface area contributed by atoms with Gasteiger partial charge in [-0.1, -0.05) is 53.7 Å². The zero-order valence-corrected chi connectivity index (χ0v) is 16.7. The monoisotopic (exact) mass is 347 g/mol. The predicted molar refractivity (Wildman–Crippen MR) is 105 cm³/mol. The summed E-state index contributed by atoms with van der Waals surface area (Å²) in [4.78, 5) is 9.09. The molecule has 1 fully saturated rings. The van der Waals surface area contributed by atoms with Gasteiger partial charge in [-0.2, -0.15) is 5.26 Å². The molecule has 0 spiro atoms. The van der Waals surface area contributed by atoms with E-state index in [0.29, 0.717) is 11.8 Å². The van der Waals surface area contributed by atoms with E-state index >= 15 is 0 Å². The molecule has 1 saturated carbocycles. The molecule has 26 heavy (non-hydrogen) atoms. The first-order chi connectivity index (χ1) is 12.2. The van der Waals surface area contributed by atoms with Gasteiger partial charge in [0.2, 0.25) is 0 Å². The van der Waals surface area contributed by atoms with E-state index in [-0.39, 0.29) is 16.2 Å². The molecule has 2 atom stereocenters. The topological polar surface area (TPSA) is 49.6 Å². The van der Waals surface area contributed by atoms with Crippen LogP contribution in [0.15, 0.2) is 42.9 Å². The van der Waals surface area contributed by atoms with Gasteiger partial charge in [0.1, 0.15) is 0 Å². The minimum atomic E-state index is -0.196. The van der Waals surface area contributed by atoms with Gasteiger partial charge in [0.15, 0.2) is 0 Å². The van der Waals surface area contributed by atoms with E-state index in [1.165, 1.54) is 11.1 Å². The van der Waals surface area contributed by atoms with Crippen molar-refractivity contribution >= 4 is 0 Å². The molecule has 3 rings (SSSR count). The minimum Gasteiger partial charge on any atom is -0.264 e. The average molecular weight is 348 g/mol. The van der Waals surface area contributed by atoms with Crippen molar-refractivity contribution in [1.29, 1.82) is 5.26 Å². The fourth-order valence-corrected chi connectivity index (χ4v) is 4.29. The lowest BCUT2D eigenvalue weighted by Gasteiger charge is -2.29. The molecule has 3 heteroatoms. The summed E-state index contributed by atoms with van der Waals surface area (Å²) < 4.78 is 0. The Hall–Kier alpha value is -2.21. The Bertz CT molecular complexity index is 813. The highest BCUT2D eigenvalue weighted by molar-refractivity contribution is 5.37. The fourth-order valence-electron chi connectivity index (χ4n) is 4.29. The van der Waals surface area contributed by atoms with Crippen molar-refractivity contribution in [3.8, 4) is 6.07 Å². The van der Waals surface area contributed by atoms with Crippen LogP contribution in [0.4, 0.5) is 0 Å². The highest BCUT2D eigenvalue weighted by atomic mass is 14.8. The van der Waals surface area contributed by atoms with E-state index < -0.39 is 0 Å². The number of hydrogen-bond acceptors (Lipinski definition) is 3. The summed E-state index contributed by atoms with van der Waals surface area (Å²) in [5.74, 6) is 0.741. The van der Waals surface area contributed by atoms with Crippen molar-refractivity contribution in [2.24, 2.45) is 17.3 Å². The van der Waals surface area contributed by atoms with Crippen LogP contribution in [0.2, 0.25) is 0 Å². The van der Waals surface area contributed by atoms with E-state index in [9.17, 15) is 5.26 Å². The van der Waals surface area contributed by atoms with Gasteiger partial charge in [-0.25, -0.2) is 0 Å². The molecule has 2 aromatic rings. The normalized spacial score (nSPS) is 22.9. The zero-order chi connectivity index (χ0) is 19.2. The van der Waals surface area contributed by atoms with Crippen LogP contribution in [0.1, 0.15) is 64.8 Å². The molecule has 3 nitrogen and oxygen atoms in total. The van der Waals surface area contributed by atoms with Crippen molar-refractivity contribution in [3.63, 3.8) is 0 Å². The lowest BCUT2D eigenvalue weighted by molar-refractivity contribution is 0.327. The summed E-state index contributed by atoms with van der Waals surface area (Å²) in [5, 5.41) is 9.71. The molecule has 0 N–H and O–H groups in total. The van der Waals surface area contributed by atoms with Gasteiger partial charge in [-0.05, 0) is 41.5 Å². The molecule has 2 heterocycles. The van der Waals surface area contributed by atoms with Crippen LogP contribution in [0, 0.1) is 28.6 Å². The average Bonchev–Trinajstić information content (AvgIpc) is 3.40. The molecule has 0 bridgehead atoms. The first kappa shape index (κ1) is 18.6. The lowest BCUT2D eigenvalue weighted by Crippen LogP contribution is -2.28. The van der Waals surface area contributed by atoms with Crippen molar-refractivity contribution in [2.75, 3.05) is 0 Å². The maximum Gasteiger partial charge on any atom is 0.0695 e. The zero-order valence-electron chi connectivity index (χ0n) is 16.7. The van der Waals surface area contributed by atoms with Gasteiger partial charge >= 0.3 is 0 Å². The molecule has 2 unspecified atom stereocenters. The van der Waals surface area contributed by atoms with E-state index in [1.54, 1.807) is 6.20 Å². The van der Waals surface area contributed by atoms with Crippen molar-refractivity contribution in [3.05, 3.63) is 59.7 Å². The number of aromatic nitrogens is 2. The maximum absolute atomic E-state index is 9.71. The first-order valence-electron chi connectivity index (χ1n) is 9.45. The number of rotatable bonds is 5. The number of nitriles is 1. The highest BCUT2D eigenvalue weighted by Crippen LogP contribution is 2.64. The Morgan fingerprint density at radius 1 is 1.12 bits per heavy atom. The largest absolute Gasteiger partial charge is 0.264 e. The van der Waals surface area contributed by atoms with Crippen LogP contribution < -0.4 is 0 Å². The Morgan fingerprint density at radius 2 is 1.81 bits per heavy atom. The summed E-state index contributed by atoms with van der Waals surface area (Å²) in [6.45, 7) is 13.2. The predicted octanol–water partition coefficient (Wildman–Crippen LogP) is 5.27. The van der Waals surface area contributed by atoms with Gasteiger partial charge in [0.25, 0.3) is 0 Å². The van der Waals surface area contributed by atoms with Crippen LogP contribution in [0.3, 0.4) is 0 Å². The van der Waals surface area contributed by atoms with Crippen molar-refractivity contribution in [1.82, 2.24) is 9.97 Å². The van der Waals surface area contributed by atoms with Crippen LogP contribution in [0.5, 0.6) is 0 Å². The third-order valence-corrected chi connectivity index (χ3v) is 6.64. The third kappa shape index (κ3) is 2.82. The molecule has 2 aromatic heterocycles. The second kappa shape index (κ2) is 6.20. The van der Waals surface area contributed by atoms with Crippen LogP contribution in [-0.2, 0) is 10.8 Å². The summed E-state index contributed by atoms with van der Waals surface area (Å²) in [7, 11) is 0. The van der Waals surface area contributed by atoms with Gasteiger partial charge in [0, 0.05) is 35.1 Å². The molecule has 1 aliphatic carbocycles. The van der Waals surface area contributed by atoms with Gasteiger partial charge < -0.3 is 0 Å². The summed E-state index contributed by atoms with van der Waals surface area (Å²) in [6.07, 6.45) is 6.69. The molecule has 0 radical (unpaired) electrons. The van der Waals surface area contributed by atoms with Crippen LogP contribution in [0.25, 0.3) is 0 Å². The minimum absolute atomic E-state index is 0.100. The molecule has 0 saturated heterocycles. The molecule has 136 valence electrons. The highest BCUT2D eigenvalue weighted by Gasteiger charge is 2.63. The SMILES string of the molecule is CC(C)C1(C#N)CC1C(C)(C)c1ccc(C(C)(C)c2cccnc2)cn1. The molecule has 0 amide bonds. The molecule has 1 aliphatic rings. The van der Waals surface area contributed by atoms with E-state index in [1.807, 2.05) is 18.5 Å². The Labute approximate surface area is 157 Å². The van der Waals surface area contributed by atoms with E-state index in [0.717, 1.165) is 12.1 Å². The van der Waals surface area contributed by atoms with Gasteiger partial charge in [-0.3, -0.25) is 9.97 Å². The van der Waals surface area contributed by atoms with E-state index in [4.69, 9.17) is 4.98 Å². The molecule has 0 aliphatic heterocycles. The molecular formula is C23H29N3. The molecular weight excluding hydrogens is 318 g/mol. The summed E-state index contributed by atoms with van der Waals surface area (Å²) >= 11 is 0. The molecule has 0 aromatic carbocycles. The number of pyridine rings is 2. The standard InChI is InChI=1S/C23H29N3/c1-16(2)23(15-24)12-19(23)22(5,6)20-10-9-18(14-26-20)21(3,4)17-8-7-11-25-13-17/h7-11,13-14,16,19H,12H2,1-6H3. The second-order valence-corrected chi connectivity index (χ2v) is 9.08. The number of nitrogens with zero attached hydrogens (tertiary/aromatic N) is 3. The Kier molecular flexibility index (Phi) is 4.43. The smallest absolute Gasteiger partial charge is 0.0695 e. The van der Waals surface area contributed by atoms with Gasteiger partial charge in [0.05, 0.1) is 11.5 Å². The van der Waals surface area contributed by atoms with Crippen molar-refractivity contribution < 1.29 is 0 Å². The maximum atomic E-state index is 9.71. The summed E-state index contributed by atoms with van der Waals surface area (Å²) in [5.41, 5.74) is 3.00. The summed E-state index contributed by atoms with van der Waals surface area (Å²) in [6, 6.07) is 11.0. The van der Waals surface area contributed by atoms with Gasteiger partial charge in [-0.15, -0.1) is 0 Å². The van der Waals surface area contributed by atoms with E-state index in [2.05, 4.69) is 70.8 Å². The van der Waals surface area contributed by atoms with Crippen LogP contribution in [-0.4, -0.2) is 9.97 Å². The van der Waals surface area contributed by atoms with Crippen LogP contribution >= 0.6 is 0 Å². The number of hydrogen-bond donors (Lipinski definition) is 0. The quantitative estimate of drug-likeness (QED) is 0.740. The van der Waals surface area contributed by atoms with Crippen molar-refractivity contribution in [2.45, 2.75) is 58.8 Å². The first-order valence-corrected chi connectivity index (χ1v) is 9.45. The third-order valence-electron chi connectivity index (χ3n) is 6.64. The fraction of sp³-hybridized carbons (Fsp3) is 0.522. The second-order valence-electron chi connectivity index (χ2n) is 9.08. The lowest BCUT2D eigenvalue weighted by atomic mass is 9.75. The Balaban J connectivity index is 1.88. The Morgan fingerprint density at radius 3 is 2.27 bits per heavy atom.